The number of methoxy groups -OCH3 is 1. The fourth-order valence-electron chi connectivity index (χ4n) is 1.99. The first kappa shape index (κ1) is 15.2. The van der Waals surface area contributed by atoms with Gasteiger partial charge >= 0.3 is 6.03 Å². The largest absolute Gasteiger partial charge is 0.497 e. The Morgan fingerprint density at radius 2 is 2.14 bits per heavy atom. The van der Waals surface area contributed by atoms with Gasteiger partial charge in [0.1, 0.15) is 5.75 Å². The predicted molar refractivity (Wildman–Crippen MR) is 80.6 cm³/mol. The molecule has 0 radical (unpaired) electrons. The highest BCUT2D eigenvalue weighted by molar-refractivity contribution is 5.91. The Labute approximate surface area is 124 Å². The lowest BCUT2D eigenvalue weighted by atomic mass is 10.2. The number of hydrogen-bond acceptors (Lipinski definition) is 3. The van der Waals surface area contributed by atoms with E-state index in [0.29, 0.717) is 24.9 Å². The topological polar surface area (TPSA) is 70.7 Å². The maximum atomic E-state index is 11.8. The molecule has 3 amide bonds. The van der Waals surface area contributed by atoms with Crippen molar-refractivity contribution in [3.8, 4) is 5.75 Å². The van der Waals surface area contributed by atoms with Crippen molar-refractivity contribution < 1.29 is 14.3 Å². The summed E-state index contributed by atoms with van der Waals surface area (Å²) >= 11 is 0. The molecule has 1 aliphatic carbocycles. The van der Waals surface area contributed by atoms with Crippen LogP contribution in [0.3, 0.4) is 0 Å². The first-order valence-electron chi connectivity index (χ1n) is 7.06. The maximum Gasteiger partial charge on any atom is 0.315 e. The third kappa shape index (κ3) is 4.66. The zero-order valence-corrected chi connectivity index (χ0v) is 12.4. The molecule has 0 bridgehead atoms. The summed E-state index contributed by atoms with van der Waals surface area (Å²) in [6.07, 6.45) is 2.10. The summed E-state index contributed by atoms with van der Waals surface area (Å²) in [5, 5.41) is 5.60. The zero-order valence-electron chi connectivity index (χ0n) is 12.4. The highest BCUT2D eigenvalue weighted by atomic mass is 16.5. The lowest BCUT2D eigenvalue weighted by Gasteiger charge is -2.22. The van der Waals surface area contributed by atoms with Crippen molar-refractivity contribution in [3.05, 3.63) is 24.3 Å². The van der Waals surface area contributed by atoms with E-state index in [9.17, 15) is 9.59 Å². The standard InChI is InChI=1S/C15H21N3O3/c1-11(19)18(13-4-3-5-14(10-13)21-2)9-8-16-15(20)17-12-6-7-12/h3-5,10,12H,6-9H2,1-2H3,(H2,16,17,20). The van der Waals surface area contributed by atoms with E-state index in [1.165, 1.54) is 6.92 Å². The average molecular weight is 291 g/mol. The normalized spacial score (nSPS) is 13.4. The van der Waals surface area contributed by atoms with Gasteiger partial charge in [-0.2, -0.15) is 0 Å². The van der Waals surface area contributed by atoms with E-state index in [4.69, 9.17) is 4.74 Å². The van der Waals surface area contributed by atoms with Crippen molar-refractivity contribution in [2.45, 2.75) is 25.8 Å². The van der Waals surface area contributed by atoms with Crippen LogP contribution in [-0.2, 0) is 4.79 Å². The summed E-state index contributed by atoms with van der Waals surface area (Å²) in [4.78, 5) is 24.9. The lowest BCUT2D eigenvalue weighted by molar-refractivity contribution is -0.116. The number of carbonyl (C=O) groups is 2. The van der Waals surface area contributed by atoms with E-state index in [0.717, 1.165) is 18.5 Å². The zero-order chi connectivity index (χ0) is 15.2. The molecule has 2 N–H and O–H groups in total. The molecule has 0 aliphatic heterocycles. The molecule has 2 rings (SSSR count). The second kappa shape index (κ2) is 6.97. The fourth-order valence-corrected chi connectivity index (χ4v) is 1.99. The highest BCUT2D eigenvalue weighted by Gasteiger charge is 2.23. The Balaban J connectivity index is 1.88. The van der Waals surface area contributed by atoms with Crippen LogP contribution >= 0.6 is 0 Å². The molecule has 1 aromatic rings. The number of benzene rings is 1. The predicted octanol–water partition coefficient (Wildman–Crippen LogP) is 1.51. The van der Waals surface area contributed by atoms with E-state index >= 15 is 0 Å². The molecule has 6 heteroatoms. The molecule has 1 fully saturated rings. The smallest absolute Gasteiger partial charge is 0.315 e. The molecule has 0 aromatic heterocycles. The minimum absolute atomic E-state index is 0.0762. The fraction of sp³-hybridized carbons (Fsp3) is 0.467. The van der Waals surface area contributed by atoms with Crippen LogP contribution in [0.2, 0.25) is 0 Å². The van der Waals surface area contributed by atoms with Crippen molar-refractivity contribution in [1.29, 1.82) is 0 Å². The average Bonchev–Trinajstić information content (AvgIpc) is 3.27. The Hall–Kier alpha value is -2.24. The number of carbonyl (C=O) groups excluding carboxylic acids is 2. The van der Waals surface area contributed by atoms with Crippen molar-refractivity contribution in [1.82, 2.24) is 10.6 Å². The first-order valence-corrected chi connectivity index (χ1v) is 7.06. The van der Waals surface area contributed by atoms with Gasteiger partial charge in [-0.1, -0.05) is 6.07 Å². The van der Waals surface area contributed by atoms with Gasteiger partial charge in [0, 0.05) is 37.8 Å². The molecule has 0 saturated heterocycles. The third-order valence-electron chi connectivity index (χ3n) is 3.28. The summed E-state index contributed by atoms with van der Waals surface area (Å²) < 4.78 is 5.16. The summed E-state index contributed by atoms with van der Waals surface area (Å²) in [5.41, 5.74) is 0.756. The van der Waals surface area contributed by atoms with Gasteiger partial charge in [-0.25, -0.2) is 4.79 Å². The molecule has 1 aliphatic rings. The van der Waals surface area contributed by atoms with E-state index in [1.807, 2.05) is 18.2 Å². The summed E-state index contributed by atoms with van der Waals surface area (Å²) in [5.74, 6) is 0.617. The van der Waals surface area contributed by atoms with Crippen LogP contribution in [0.15, 0.2) is 24.3 Å². The van der Waals surface area contributed by atoms with E-state index in [1.54, 1.807) is 18.1 Å². The minimum atomic E-state index is -0.174. The van der Waals surface area contributed by atoms with Crippen LogP contribution < -0.4 is 20.3 Å². The molecular formula is C15H21N3O3. The number of urea groups is 1. The van der Waals surface area contributed by atoms with Gasteiger partial charge in [0.2, 0.25) is 5.91 Å². The monoisotopic (exact) mass is 291 g/mol. The van der Waals surface area contributed by atoms with Crippen LogP contribution in [-0.4, -0.2) is 38.2 Å². The second-order valence-corrected chi connectivity index (χ2v) is 5.05. The SMILES string of the molecule is COc1cccc(N(CCNC(=O)NC2CC2)C(C)=O)c1. The van der Waals surface area contributed by atoms with Gasteiger partial charge in [0.15, 0.2) is 0 Å². The Kier molecular flexibility index (Phi) is 5.03. The molecule has 114 valence electrons. The molecule has 0 heterocycles. The van der Waals surface area contributed by atoms with Gasteiger partial charge in [-0.05, 0) is 25.0 Å². The third-order valence-corrected chi connectivity index (χ3v) is 3.28. The Morgan fingerprint density at radius 3 is 2.76 bits per heavy atom. The lowest BCUT2D eigenvalue weighted by Crippen LogP contribution is -2.42. The number of ether oxygens (including phenoxy) is 1. The number of amides is 3. The first-order chi connectivity index (χ1) is 10.1. The van der Waals surface area contributed by atoms with Gasteiger partial charge in [0.05, 0.1) is 7.11 Å². The maximum absolute atomic E-state index is 11.8. The van der Waals surface area contributed by atoms with Crippen LogP contribution in [0.25, 0.3) is 0 Å². The number of hydrogen-bond donors (Lipinski definition) is 2. The molecule has 0 atom stereocenters. The van der Waals surface area contributed by atoms with E-state index in [-0.39, 0.29) is 11.9 Å². The highest BCUT2D eigenvalue weighted by Crippen LogP contribution is 2.21. The number of rotatable bonds is 6. The quantitative estimate of drug-likeness (QED) is 0.834. The van der Waals surface area contributed by atoms with Crippen LogP contribution in [0.1, 0.15) is 19.8 Å². The van der Waals surface area contributed by atoms with Crippen LogP contribution in [0.4, 0.5) is 10.5 Å². The molecule has 6 nitrogen and oxygen atoms in total. The summed E-state index contributed by atoms with van der Waals surface area (Å²) in [6.45, 7) is 2.32. The summed E-state index contributed by atoms with van der Waals surface area (Å²) in [7, 11) is 1.58. The number of anilines is 1. The molecule has 1 aromatic carbocycles. The van der Waals surface area contributed by atoms with Crippen molar-refractivity contribution in [2.75, 3.05) is 25.1 Å². The van der Waals surface area contributed by atoms with Gasteiger partial charge in [-0.3, -0.25) is 4.79 Å². The van der Waals surface area contributed by atoms with E-state index in [2.05, 4.69) is 10.6 Å². The van der Waals surface area contributed by atoms with Crippen molar-refractivity contribution in [3.63, 3.8) is 0 Å². The van der Waals surface area contributed by atoms with Crippen LogP contribution in [0.5, 0.6) is 5.75 Å². The summed E-state index contributed by atoms with van der Waals surface area (Å²) in [6, 6.07) is 7.44. The van der Waals surface area contributed by atoms with E-state index < -0.39 is 0 Å². The van der Waals surface area contributed by atoms with Gasteiger partial charge in [-0.15, -0.1) is 0 Å². The second-order valence-electron chi connectivity index (χ2n) is 5.05. The molecule has 0 spiro atoms. The molecule has 1 saturated carbocycles. The molecular weight excluding hydrogens is 270 g/mol. The minimum Gasteiger partial charge on any atom is -0.497 e. The number of nitrogens with zero attached hydrogens (tertiary/aromatic N) is 1. The van der Waals surface area contributed by atoms with Crippen LogP contribution in [0, 0.1) is 0 Å². The Bertz CT molecular complexity index is 515. The molecule has 21 heavy (non-hydrogen) atoms. The van der Waals surface area contributed by atoms with Gasteiger partial charge in [0.25, 0.3) is 0 Å². The van der Waals surface area contributed by atoms with Crippen molar-refractivity contribution >= 4 is 17.6 Å². The molecule has 0 unspecified atom stereocenters. The number of nitrogens with one attached hydrogen (secondary N) is 2. The van der Waals surface area contributed by atoms with Crippen molar-refractivity contribution in [2.24, 2.45) is 0 Å². The Morgan fingerprint density at radius 1 is 1.38 bits per heavy atom. The van der Waals surface area contributed by atoms with Gasteiger partial charge < -0.3 is 20.3 Å².